The number of ether oxygens (including phenoxy) is 1. The maximum absolute atomic E-state index is 12.8. The number of aliphatic carboxylic acids is 1. The van der Waals surface area contributed by atoms with Gasteiger partial charge in [0.05, 0.1) is 12.7 Å². The summed E-state index contributed by atoms with van der Waals surface area (Å²) >= 11 is 0. The minimum Gasteiger partial charge on any atom is -0.496 e. The number of aryl methyl sites for hydroxylation is 1. The second-order valence-electron chi connectivity index (χ2n) is 4.00. The van der Waals surface area contributed by atoms with Gasteiger partial charge in [-0.2, -0.15) is 0 Å². The fourth-order valence-corrected chi connectivity index (χ4v) is 1.77. The first kappa shape index (κ1) is 14.4. The summed E-state index contributed by atoms with van der Waals surface area (Å²) in [7, 11) is 1.27. The number of alkyl halides is 2. The molecule has 1 rings (SSSR count). The van der Waals surface area contributed by atoms with Gasteiger partial charge in [0.2, 0.25) is 0 Å². The number of carboxylic acid groups (broad SMARTS) is 1. The quantitative estimate of drug-likeness (QED) is 0.847. The lowest BCUT2D eigenvalue weighted by molar-refractivity contribution is -0.138. The Morgan fingerprint density at radius 3 is 2.56 bits per heavy atom. The van der Waals surface area contributed by atoms with Gasteiger partial charge >= 0.3 is 5.97 Å². The molecule has 0 bridgehead atoms. The summed E-state index contributed by atoms with van der Waals surface area (Å²) < 4.78 is 30.6. The Balaban J connectivity index is 3.21. The molecule has 0 saturated carbocycles. The first-order valence-corrected chi connectivity index (χ1v) is 5.30. The first-order chi connectivity index (χ1) is 8.36. The van der Waals surface area contributed by atoms with E-state index in [-0.39, 0.29) is 17.7 Å². The number of halogens is 2. The van der Waals surface area contributed by atoms with Crippen LogP contribution in [0.15, 0.2) is 12.1 Å². The van der Waals surface area contributed by atoms with E-state index in [1.165, 1.54) is 13.2 Å². The van der Waals surface area contributed by atoms with E-state index in [2.05, 4.69) is 0 Å². The molecule has 3 N–H and O–H groups in total. The number of methoxy groups -OCH3 is 1. The highest BCUT2D eigenvalue weighted by Gasteiger charge is 2.21. The molecule has 1 aromatic rings. The van der Waals surface area contributed by atoms with Gasteiger partial charge in [-0.1, -0.05) is 11.6 Å². The number of carboxylic acids is 1. The Kier molecular flexibility index (Phi) is 4.61. The van der Waals surface area contributed by atoms with E-state index in [1.54, 1.807) is 13.0 Å². The Morgan fingerprint density at radius 2 is 2.11 bits per heavy atom. The summed E-state index contributed by atoms with van der Waals surface area (Å²) in [5, 5.41) is 8.74. The van der Waals surface area contributed by atoms with Crippen LogP contribution in [0.3, 0.4) is 0 Å². The van der Waals surface area contributed by atoms with Crippen LogP contribution in [0.25, 0.3) is 0 Å². The zero-order valence-corrected chi connectivity index (χ0v) is 10.1. The van der Waals surface area contributed by atoms with Crippen LogP contribution < -0.4 is 10.5 Å². The van der Waals surface area contributed by atoms with Crippen molar-refractivity contribution in [3.8, 4) is 5.75 Å². The van der Waals surface area contributed by atoms with Crippen molar-refractivity contribution in [1.29, 1.82) is 0 Å². The van der Waals surface area contributed by atoms with E-state index in [0.717, 1.165) is 0 Å². The molecule has 0 spiro atoms. The lowest BCUT2D eigenvalue weighted by Gasteiger charge is -2.16. The van der Waals surface area contributed by atoms with Gasteiger partial charge < -0.3 is 15.6 Å². The molecule has 1 unspecified atom stereocenters. The Morgan fingerprint density at radius 1 is 1.50 bits per heavy atom. The Hall–Kier alpha value is -1.69. The molecule has 0 aliphatic heterocycles. The van der Waals surface area contributed by atoms with Crippen molar-refractivity contribution in [2.24, 2.45) is 5.73 Å². The normalized spacial score (nSPS) is 12.6. The third kappa shape index (κ3) is 3.16. The summed E-state index contributed by atoms with van der Waals surface area (Å²) in [6.07, 6.45) is -2.74. The van der Waals surface area contributed by atoms with Crippen LogP contribution in [0.5, 0.6) is 5.75 Å². The van der Waals surface area contributed by atoms with E-state index < -0.39 is 18.4 Å². The van der Waals surface area contributed by atoms with Crippen molar-refractivity contribution in [1.82, 2.24) is 0 Å². The van der Waals surface area contributed by atoms with E-state index in [0.29, 0.717) is 11.1 Å². The zero-order valence-electron chi connectivity index (χ0n) is 10.1. The predicted molar refractivity (Wildman–Crippen MR) is 62.0 cm³/mol. The molecule has 0 radical (unpaired) electrons. The number of hydrogen-bond donors (Lipinski definition) is 2. The van der Waals surface area contributed by atoms with Crippen molar-refractivity contribution >= 4 is 5.97 Å². The summed E-state index contributed by atoms with van der Waals surface area (Å²) in [6.45, 7) is 1.65. The monoisotopic (exact) mass is 259 g/mol. The molecule has 100 valence electrons. The molecule has 0 heterocycles. The largest absolute Gasteiger partial charge is 0.496 e. The topological polar surface area (TPSA) is 72.5 Å². The molecule has 0 saturated heterocycles. The standard InChI is InChI=1S/C12H15F2NO3/c1-6-3-7(5-9(15)12(16)17)10(18-2)8(4-6)11(13)14/h3-4,9,11H,5,15H2,1-2H3,(H,16,17). The average molecular weight is 259 g/mol. The summed E-state index contributed by atoms with van der Waals surface area (Å²) in [5.74, 6) is -1.18. The first-order valence-electron chi connectivity index (χ1n) is 5.30. The van der Waals surface area contributed by atoms with Crippen LogP contribution in [0.2, 0.25) is 0 Å². The lowest BCUT2D eigenvalue weighted by Crippen LogP contribution is -2.32. The van der Waals surface area contributed by atoms with Crippen molar-refractivity contribution in [2.75, 3.05) is 7.11 Å². The van der Waals surface area contributed by atoms with Crippen molar-refractivity contribution < 1.29 is 23.4 Å². The van der Waals surface area contributed by atoms with Gasteiger partial charge in [-0.3, -0.25) is 4.79 Å². The maximum atomic E-state index is 12.8. The average Bonchev–Trinajstić information content (AvgIpc) is 2.27. The highest BCUT2D eigenvalue weighted by Crippen LogP contribution is 2.33. The van der Waals surface area contributed by atoms with Gasteiger partial charge in [-0.05, 0) is 18.6 Å². The number of carbonyl (C=O) groups is 1. The molecule has 1 atom stereocenters. The minimum absolute atomic E-state index is 0.00676. The molecular weight excluding hydrogens is 244 g/mol. The predicted octanol–water partition coefficient (Wildman–Crippen LogP) is 1.90. The molecule has 4 nitrogen and oxygen atoms in total. The van der Waals surface area contributed by atoms with Gasteiger partial charge in [0.25, 0.3) is 6.43 Å². The highest BCUT2D eigenvalue weighted by molar-refractivity contribution is 5.73. The zero-order chi connectivity index (χ0) is 13.9. The molecule has 1 aromatic carbocycles. The van der Waals surface area contributed by atoms with Gasteiger partial charge in [-0.25, -0.2) is 8.78 Å². The van der Waals surface area contributed by atoms with E-state index in [4.69, 9.17) is 15.6 Å². The Labute approximate surface area is 103 Å². The molecule has 0 aromatic heterocycles. The van der Waals surface area contributed by atoms with Crippen LogP contribution in [0.1, 0.15) is 23.1 Å². The van der Waals surface area contributed by atoms with Crippen molar-refractivity contribution in [3.63, 3.8) is 0 Å². The van der Waals surface area contributed by atoms with Crippen molar-refractivity contribution in [3.05, 3.63) is 28.8 Å². The second-order valence-corrected chi connectivity index (χ2v) is 4.00. The molecule has 0 amide bonds. The van der Waals surface area contributed by atoms with Crippen LogP contribution in [0.4, 0.5) is 8.78 Å². The lowest BCUT2D eigenvalue weighted by atomic mass is 9.99. The molecule has 0 aliphatic carbocycles. The van der Waals surface area contributed by atoms with Crippen LogP contribution >= 0.6 is 0 Å². The smallest absolute Gasteiger partial charge is 0.320 e. The van der Waals surface area contributed by atoms with Crippen LogP contribution in [-0.2, 0) is 11.2 Å². The molecule has 6 heteroatoms. The van der Waals surface area contributed by atoms with Gasteiger partial charge in [0.15, 0.2) is 0 Å². The van der Waals surface area contributed by atoms with E-state index >= 15 is 0 Å². The fourth-order valence-electron chi connectivity index (χ4n) is 1.77. The summed E-state index contributed by atoms with van der Waals surface area (Å²) in [5.41, 5.74) is 6.15. The van der Waals surface area contributed by atoms with Gasteiger partial charge in [0, 0.05) is 6.42 Å². The van der Waals surface area contributed by atoms with Gasteiger partial charge in [0.1, 0.15) is 11.8 Å². The minimum atomic E-state index is -2.68. The second kappa shape index (κ2) is 5.77. The molecular formula is C12H15F2NO3. The third-order valence-electron chi connectivity index (χ3n) is 2.54. The SMILES string of the molecule is COc1c(CC(N)C(=O)O)cc(C)cc1C(F)F. The maximum Gasteiger partial charge on any atom is 0.320 e. The van der Waals surface area contributed by atoms with Crippen molar-refractivity contribution in [2.45, 2.75) is 25.8 Å². The van der Waals surface area contributed by atoms with Crippen LogP contribution in [0, 0.1) is 6.92 Å². The number of rotatable bonds is 5. The molecule has 0 aliphatic rings. The van der Waals surface area contributed by atoms with E-state index in [1.807, 2.05) is 0 Å². The van der Waals surface area contributed by atoms with Crippen LogP contribution in [-0.4, -0.2) is 24.2 Å². The number of benzene rings is 1. The van der Waals surface area contributed by atoms with E-state index in [9.17, 15) is 13.6 Å². The number of nitrogens with two attached hydrogens (primary N) is 1. The summed E-state index contributed by atoms with van der Waals surface area (Å²) in [4.78, 5) is 10.7. The number of hydrogen-bond acceptors (Lipinski definition) is 3. The van der Waals surface area contributed by atoms with Gasteiger partial charge in [-0.15, -0.1) is 0 Å². The fraction of sp³-hybridized carbons (Fsp3) is 0.417. The highest BCUT2D eigenvalue weighted by atomic mass is 19.3. The molecule has 0 fully saturated rings. The Bertz CT molecular complexity index is 449. The summed E-state index contributed by atoms with van der Waals surface area (Å²) in [6, 6.07) is 1.78. The molecule has 18 heavy (non-hydrogen) atoms. The third-order valence-corrected chi connectivity index (χ3v) is 2.54.